The van der Waals surface area contributed by atoms with Crippen LogP contribution in [0.15, 0.2) is 24.3 Å². The Hall–Kier alpha value is -2.44. The number of imide groups is 1. The van der Waals surface area contributed by atoms with Gasteiger partial charge >= 0.3 is 6.03 Å². The van der Waals surface area contributed by atoms with Crippen molar-refractivity contribution in [2.24, 2.45) is 0 Å². The molecule has 28 heavy (non-hydrogen) atoms. The third-order valence-corrected chi connectivity index (χ3v) is 5.80. The van der Waals surface area contributed by atoms with Gasteiger partial charge in [0.15, 0.2) is 0 Å². The largest absolute Gasteiger partial charge is 0.336 e. The number of nitrogens with zero attached hydrogens (tertiary/aromatic N) is 2. The fourth-order valence-corrected chi connectivity index (χ4v) is 4.31. The van der Waals surface area contributed by atoms with E-state index in [2.05, 4.69) is 5.32 Å². The fraction of sp³-hybridized carbons (Fsp3) is 0.571. The number of rotatable bonds is 5. The maximum absolute atomic E-state index is 13.2. The monoisotopic (exact) mass is 389 g/mol. The molecule has 1 aromatic rings. The number of carbonyl (C=O) groups excluding carboxylic acids is 3. The van der Waals surface area contributed by atoms with Crippen molar-refractivity contribution < 1.29 is 18.8 Å². The van der Waals surface area contributed by atoms with Gasteiger partial charge in [0.1, 0.15) is 17.9 Å². The molecule has 2 fully saturated rings. The first-order chi connectivity index (χ1) is 13.2. The van der Waals surface area contributed by atoms with E-state index in [4.69, 9.17) is 0 Å². The maximum Gasteiger partial charge on any atom is 0.325 e. The normalized spacial score (nSPS) is 23.2. The second kappa shape index (κ2) is 7.89. The lowest BCUT2D eigenvalue weighted by atomic mass is 9.92. The van der Waals surface area contributed by atoms with Gasteiger partial charge in [0, 0.05) is 12.1 Å². The summed E-state index contributed by atoms with van der Waals surface area (Å²) in [4.78, 5) is 41.3. The number of amides is 4. The number of nitrogens with one attached hydrogen (secondary N) is 1. The van der Waals surface area contributed by atoms with Crippen molar-refractivity contribution in [3.8, 4) is 0 Å². The Morgan fingerprint density at radius 1 is 1.21 bits per heavy atom. The zero-order valence-corrected chi connectivity index (χ0v) is 16.7. The molecule has 7 heteroatoms. The lowest BCUT2D eigenvalue weighted by Gasteiger charge is -2.38. The van der Waals surface area contributed by atoms with Crippen molar-refractivity contribution in [2.45, 2.75) is 70.5 Å². The summed E-state index contributed by atoms with van der Waals surface area (Å²) in [5.74, 6) is -1.13. The van der Waals surface area contributed by atoms with Crippen LogP contribution in [0.4, 0.5) is 9.18 Å². The minimum atomic E-state index is -1.31. The summed E-state index contributed by atoms with van der Waals surface area (Å²) in [6, 6.07) is 5.00. The second-order valence-corrected chi connectivity index (χ2v) is 8.14. The smallest absolute Gasteiger partial charge is 0.325 e. The van der Waals surface area contributed by atoms with Crippen LogP contribution in [-0.4, -0.2) is 46.3 Å². The van der Waals surface area contributed by atoms with Crippen molar-refractivity contribution >= 4 is 17.8 Å². The molecule has 3 rings (SSSR count). The number of halogens is 1. The first-order valence-electron chi connectivity index (χ1n) is 9.95. The standard InChI is InChI=1S/C21H28FN3O3/c1-14(2)25(17-7-5-4-6-8-17)18(26)13-24-19(27)21(3,23-20(24)28)15-9-11-16(22)12-10-15/h9-12,14,17H,4-8,13H2,1-3H3,(H,23,28). The summed E-state index contributed by atoms with van der Waals surface area (Å²) in [5.41, 5.74) is -0.825. The van der Waals surface area contributed by atoms with Gasteiger partial charge in [-0.05, 0) is 51.3 Å². The van der Waals surface area contributed by atoms with Crippen molar-refractivity contribution in [1.82, 2.24) is 15.1 Å². The SMILES string of the molecule is CC(C)N(C(=O)CN1C(=O)NC(C)(c2ccc(F)cc2)C1=O)C1CCCCC1. The number of urea groups is 1. The van der Waals surface area contributed by atoms with E-state index in [0.717, 1.165) is 30.6 Å². The molecule has 6 nitrogen and oxygen atoms in total. The average Bonchev–Trinajstić information content (AvgIpc) is 2.87. The number of hydrogen-bond acceptors (Lipinski definition) is 3. The summed E-state index contributed by atoms with van der Waals surface area (Å²) in [6.07, 6.45) is 5.27. The molecule has 1 aromatic carbocycles. The molecule has 1 unspecified atom stereocenters. The van der Waals surface area contributed by atoms with E-state index in [1.165, 1.54) is 30.7 Å². The van der Waals surface area contributed by atoms with E-state index in [1.807, 2.05) is 18.7 Å². The molecular formula is C21H28FN3O3. The highest BCUT2D eigenvalue weighted by atomic mass is 19.1. The van der Waals surface area contributed by atoms with Crippen LogP contribution in [0.25, 0.3) is 0 Å². The summed E-state index contributed by atoms with van der Waals surface area (Å²) < 4.78 is 13.2. The average molecular weight is 389 g/mol. The van der Waals surface area contributed by atoms with Gasteiger partial charge in [0.25, 0.3) is 5.91 Å². The fourth-order valence-electron chi connectivity index (χ4n) is 4.31. The summed E-state index contributed by atoms with van der Waals surface area (Å²) >= 11 is 0. The highest BCUT2D eigenvalue weighted by Gasteiger charge is 2.50. The molecule has 1 aliphatic carbocycles. The molecule has 0 aromatic heterocycles. The van der Waals surface area contributed by atoms with E-state index in [1.54, 1.807) is 6.92 Å². The lowest BCUT2D eigenvalue weighted by molar-refractivity contribution is -0.142. The molecular weight excluding hydrogens is 361 g/mol. The minimum absolute atomic E-state index is 0.000140. The molecule has 0 spiro atoms. The van der Waals surface area contributed by atoms with Crippen LogP contribution in [0.5, 0.6) is 0 Å². The lowest BCUT2D eigenvalue weighted by Crippen LogP contribution is -2.51. The zero-order chi connectivity index (χ0) is 20.5. The van der Waals surface area contributed by atoms with E-state index in [9.17, 15) is 18.8 Å². The Bertz CT molecular complexity index is 759. The number of hydrogen-bond donors (Lipinski definition) is 1. The summed E-state index contributed by atoms with van der Waals surface area (Å²) in [5, 5.41) is 2.66. The molecule has 0 radical (unpaired) electrons. The Balaban J connectivity index is 1.77. The van der Waals surface area contributed by atoms with Crippen LogP contribution >= 0.6 is 0 Å². The quantitative estimate of drug-likeness (QED) is 0.787. The van der Waals surface area contributed by atoms with Gasteiger partial charge in [-0.3, -0.25) is 14.5 Å². The molecule has 4 amide bonds. The van der Waals surface area contributed by atoms with Crippen molar-refractivity contribution in [3.05, 3.63) is 35.6 Å². The first kappa shape index (κ1) is 20.3. The summed E-state index contributed by atoms with van der Waals surface area (Å²) in [6.45, 7) is 5.21. The predicted molar refractivity (Wildman–Crippen MR) is 103 cm³/mol. The van der Waals surface area contributed by atoms with Gasteiger partial charge in [-0.25, -0.2) is 9.18 Å². The van der Waals surface area contributed by atoms with Gasteiger partial charge in [0.05, 0.1) is 0 Å². The molecule has 1 heterocycles. The van der Waals surface area contributed by atoms with Crippen LogP contribution in [0.3, 0.4) is 0 Å². The first-order valence-corrected chi connectivity index (χ1v) is 9.95. The van der Waals surface area contributed by atoms with Gasteiger partial charge in [0.2, 0.25) is 5.91 Å². The van der Waals surface area contributed by atoms with Gasteiger partial charge < -0.3 is 10.2 Å². The number of carbonyl (C=O) groups is 3. The molecule has 1 atom stereocenters. The molecule has 2 aliphatic rings. The second-order valence-electron chi connectivity index (χ2n) is 8.14. The molecule has 1 aliphatic heterocycles. The van der Waals surface area contributed by atoms with Crippen LogP contribution in [0.1, 0.15) is 58.4 Å². The predicted octanol–water partition coefficient (Wildman–Crippen LogP) is 3.16. The van der Waals surface area contributed by atoms with Crippen molar-refractivity contribution in [3.63, 3.8) is 0 Å². The Morgan fingerprint density at radius 2 is 1.82 bits per heavy atom. The Morgan fingerprint density at radius 3 is 2.39 bits per heavy atom. The Labute approximate surface area is 165 Å². The molecule has 0 bridgehead atoms. The summed E-state index contributed by atoms with van der Waals surface area (Å²) in [7, 11) is 0. The zero-order valence-electron chi connectivity index (χ0n) is 16.7. The highest BCUT2D eigenvalue weighted by molar-refractivity contribution is 6.09. The van der Waals surface area contributed by atoms with Crippen LogP contribution < -0.4 is 5.32 Å². The van der Waals surface area contributed by atoms with E-state index in [-0.39, 0.29) is 24.5 Å². The van der Waals surface area contributed by atoms with E-state index in [0.29, 0.717) is 5.56 Å². The van der Waals surface area contributed by atoms with E-state index < -0.39 is 23.3 Å². The Kier molecular flexibility index (Phi) is 5.72. The van der Waals surface area contributed by atoms with Gasteiger partial charge in [-0.2, -0.15) is 0 Å². The van der Waals surface area contributed by atoms with Crippen LogP contribution in [0, 0.1) is 5.82 Å². The number of benzene rings is 1. The minimum Gasteiger partial charge on any atom is -0.336 e. The molecule has 152 valence electrons. The molecule has 1 N–H and O–H groups in total. The molecule has 1 saturated heterocycles. The van der Waals surface area contributed by atoms with E-state index >= 15 is 0 Å². The highest BCUT2D eigenvalue weighted by Crippen LogP contribution is 2.30. The third-order valence-electron chi connectivity index (χ3n) is 5.80. The van der Waals surface area contributed by atoms with Crippen LogP contribution in [0.2, 0.25) is 0 Å². The topological polar surface area (TPSA) is 69.7 Å². The van der Waals surface area contributed by atoms with Crippen LogP contribution in [-0.2, 0) is 15.1 Å². The van der Waals surface area contributed by atoms with Gasteiger partial charge in [-0.15, -0.1) is 0 Å². The van der Waals surface area contributed by atoms with Crippen molar-refractivity contribution in [2.75, 3.05) is 6.54 Å². The maximum atomic E-state index is 13.2. The third kappa shape index (κ3) is 3.75. The molecule has 1 saturated carbocycles. The van der Waals surface area contributed by atoms with Crippen molar-refractivity contribution in [1.29, 1.82) is 0 Å². The van der Waals surface area contributed by atoms with Gasteiger partial charge in [-0.1, -0.05) is 31.4 Å².